The van der Waals surface area contributed by atoms with E-state index in [-0.39, 0.29) is 6.03 Å². The molecule has 0 aliphatic rings. The molecule has 1 rings (SSSR count). The number of anilines is 1. The normalized spacial score (nSPS) is 9.90. The molecule has 0 spiro atoms. The first-order valence-corrected chi connectivity index (χ1v) is 6.71. The molecule has 0 fully saturated rings. The van der Waals surface area contributed by atoms with Gasteiger partial charge >= 0.3 is 6.03 Å². The van der Waals surface area contributed by atoms with Gasteiger partial charge in [-0.2, -0.15) is 0 Å². The predicted octanol–water partition coefficient (Wildman–Crippen LogP) is 3.06. The van der Waals surface area contributed by atoms with E-state index in [9.17, 15) is 4.79 Å². The molecule has 0 aliphatic carbocycles. The zero-order chi connectivity index (χ0) is 14.8. The molecule has 0 saturated heterocycles. The van der Waals surface area contributed by atoms with Crippen molar-refractivity contribution in [3.63, 3.8) is 0 Å². The summed E-state index contributed by atoms with van der Waals surface area (Å²) in [5.74, 6) is 0.433. The van der Waals surface area contributed by atoms with E-state index in [1.54, 1.807) is 24.3 Å². The number of ether oxygens (including phenoxy) is 2. The molecular formula is C14H19ClN2O3. The first-order chi connectivity index (χ1) is 9.69. The molecule has 0 unspecified atom stereocenters. The molecule has 2 amide bonds. The fraction of sp³-hybridized carbons (Fsp3) is 0.357. The van der Waals surface area contributed by atoms with Gasteiger partial charge in [-0.1, -0.05) is 23.7 Å². The van der Waals surface area contributed by atoms with Crippen LogP contribution in [0.25, 0.3) is 0 Å². The summed E-state index contributed by atoms with van der Waals surface area (Å²) in [6.45, 7) is 7.27. The first-order valence-electron chi connectivity index (χ1n) is 6.33. The van der Waals surface area contributed by atoms with Crippen LogP contribution in [0.4, 0.5) is 10.5 Å². The van der Waals surface area contributed by atoms with Gasteiger partial charge in [0.1, 0.15) is 6.61 Å². The van der Waals surface area contributed by atoms with Crippen molar-refractivity contribution >= 4 is 23.3 Å². The summed E-state index contributed by atoms with van der Waals surface area (Å²) in [5, 5.41) is 5.72. The van der Waals surface area contributed by atoms with Gasteiger partial charge in [0.2, 0.25) is 0 Å². The van der Waals surface area contributed by atoms with Gasteiger partial charge in [-0.25, -0.2) is 4.79 Å². The van der Waals surface area contributed by atoms with E-state index < -0.39 is 0 Å². The zero-order valence-corrected chi connectivity index (χ0v) is 12.2. The molecule has 0 heterocycles. The van der Waals surface area contributed by atoms with Crippen molar-refractivity contribution in [1.29, 1.82) is 0 Å². The topological polar surface area (TPSA) is 59.6 Å². The lowest BCUT2D eigenvalue weighted by Crippen LogP contribution is -2.28. The molecule has 5 nitrogen and oxygen atoms in total. The third kappa shape index (κ3) is 5.50. The third-order valence-electron chi connectivity index (χ3n) is 2.30. The average Bonchev–Trinajstić information content (AvgIpc) is 2.43. The second-order valence-electron chi connectivity index (χ2n) is 3.79. The molecule has 0 aromatic heterocycles. The number of para-hydroxylation sites is 1. The van der Waals surface area contributed by atoms with Gasteiger partial charge < -0.3 is 20.1 Å². The Morgan fingerprint density at radius 3 is 2.95 bits per heavy atom. The van der Waals surface area contributed by atoms with E-state index in [4.69, 9.17) is 21.1 Å². The van der Waals surface area contributed by atoms with Crippen molar-refractivity contribution in [2.45, 2.75) is 6.92 Å². The Balaban J connectivity index is 2.66. The maximum Gasteiger partial charge on any atom is 0.319 e. The highest BCUT2D eigenvalue weighted by atomic mass is 35.5. The molecule has 0 radical (unpaired) electrons. The second kappa shape index (κ2) is 9.23. The van der Waals surface area contributed by atoms with Crippen LogP contribution in [0.1, 0.15) is 6.92 Å². The van der Waals surface area contributed by atoms with Crippen LogP contribution >= 0.6 is 11.6 Å². The number of urea groups is 1. The van der Waals surface area contributed by atoms with Gasteiger partial charge in [0.05, 0.1) is 17.3 Å². The van der Waals surface area contributed by atoms with Crippen LogP contribution in [0.2, 0.25) is 5.02 Å². The van der Waals surface area contributed by atoms with Crippen molar-refractivity contribution in [2.24, 2.45) is 0 Å². The van der Waals surface area contributed by atoms with Crippen molar-refractivity contribution in [1.82, 2.24) is 5.32 Å². The van der Waals surface area contributed by atoms with E-state index in [1.807, 2.05) is 6.92 Å². The Kier molecular flexibility index (Phi) is 7.54. The number of nitrogens with one attached hydrogen (secondary N) is 2. The van der Waals surface area contributed by atoms with E-state index in [0.717, 1.165) is 0 Å². The zero-order valence-electron chi connectivity index (χ0n) is 11.4. The van der Waals surface area contributed by atoms with Gasteiger partial charge in [-0.15, -0.1) is 6.58 Å². The minimum Gasteiger partial charge on any atom is -0.487 e. The summed E-state index contributed by atoms with van der Waals surface area (Å²) in [6.07, 6.45) is 1.59. The lowest BCUT2D eigenvalue weighted by atomic mass is 10.3. The fourth-order valence-electron chi connectivity index (χ4n) is 1.43. The Bertz CT molecular complexity index is 452. The van der Waals surface area contributed by atoms with Gasteiger partial charge in [0.15, 0.2) is 5.75 Å². The molecule has 20 heavy (non-hydrogen) atoms. The molecule has 2 N–H and O–H groups in total. The largest absolute Gasteiger partial charge is 0.487 e. The highest BCUT2D eigenvalue weighted by molar-refractivity contribution is 6.32. The number of amides is 2. The average molecular weight is 299 g/mol. The summed E-state index contributed by atoms with van der Waals surface area (Å²) in [5.41, 5.74) is 0.510. The van der Waals surface area contributed by atoms with E-state index in [0.29, 0.717) is 42.8 Å². The van der Waals surface area contributed by atoms with Crippen molar-refractivity contribution in [3.8, 4) is 5.75 Å². The van der Waals surface area contributed by atoms with Gasteiger partial charge in [0.25, 0.3) is 0 Å². The summed E-state index contributed by atoms with van der Waals surface area (Å²) in [4.78, 5) is 11.6. The lowest BCUT2D eigenvalue weighted by molar-refractivity contribution is 0.110. The molecular weight excluding hydrogens is 280 g/mol. The minimum absolute atomic E-state index is 0.346. The number of carbonyl (C=O) groups is 1. The number of carbonyl (C=O) groups excluding carboxylic acids is 1. The Hall–Kier alpha value is -1.72. The molecule has 0 saturated carbocycles. The van der Waals surface area contributed by atoms with E-state index >= 15 is 0 Å². The molecule has 0 atom stereocenters. The number of halogens is 1. The number of benzene rings is 1. The quantitative estimate of drug-likeness (QED) is 0.573. The van der Waals surface area contributed by atoms with Crippen molar-refractivity contribution in [2.75, 3.05) is 31.7 Å². The fourth-order valence-corrected chi connectivity index (χ4v) is 1.66. The summed E-state index contributed by atoms with van der Waals surface area (Å²) >= 11 is 6.08. The molecule has 110 valence electrons. The van der Waals surface area contributed by atoms with Gasteiger partial charge in [-0.05, 0) is 19.1 Å². The van der Waals surface area contributed by atoms with E-state index in [2.05, 4.69) is 17.2 Å². The molecule has 6 heteroatoms. The van der Waals surface area contributed by atoms with Gasteiger partial charge in [-0.3, -0.25) is 0 Å². The monoisotopic (exact) mass is 298 g/mol. The molecule has 0 aliphatic heterocycles. The smallest absolute Gasteiger partial charge is 0.319 e. The van der Waals surface area contributed by atoms with Crippen LogP contribution in [0.3, 0.4) is 0 Å². The highest BCUT2D eigenvalue weighted by Gasteiger charge is 2.10. The van der Waals surface area contributed by atoms with Crippen LogP contribution < -0.4 is 15.4 Å². The maximum atomic E-state index is 11.6. The van der Waals surface area contributed by atoms with E-state index in [1.165, 1.54) is 0 Å². The molecule has 0 bridgehead atoms. The Morgan fingerprint density at radius 1 is 1.45 bits per heavy atom. The van der Waals surface area contributed by atoms with Crippen molar-refractivity contribution in [3.05, 3.63) is 35.9 Å². The van der Waals surface area contributed by atoms with Crippen LogP contribution in [0.15, 0.2) is 30.9 Å². The summed E-state index contributed by atoms with van der Waals surface area (Å²) < 4.78 is 10.7. The molecule has 1 aromatic carbocycles. The van der Waals surface area contributed by atoms with Gasteiger partial charge in [0, 0.05) is 13.2 Å². The standard InChI is InChI=1S/C14H19ClN2O3/c1-3-8-16-14(18)17-12-7-5-6-11(15)13(12)20-10-9-19-4-2/h3,5-7H,1,4,8-10H2,2H3,(H2,16,17,18). The van der Waals surface area contributed by atoms with Crippen LogP contribution in [-0.4, -0.2) is 32.4 Å². The van der Waals surface area contributed by atoms with Crippen LogP contribution in [0.5, 0.6) is 5.75 Å². The Morgan fingerprint density at radius 2 is 2.25 bits per heavy atom. The molecule has 1 aromatic rings. The summed E-state index contributed by atoms with van der Waals surface area (Å²) in [6, 6.07) is 4.81. The first kappa shape index (κ1) is 16.3. The third-order valence-corrected chi connectivity index (χ3v) is 2.60. The second-order valence-corrected chi connectivity index (χ2v) is 4.19. The number of hydrogen-bond acceptors (Lipinski definition) is 3. The maximum absolute atomic E-state index is 11.6. The summed E-state index contributed by atoms with van der Waals surface area (Å²) in [7, 11) is 0. The number of rotatable bonds is 8. The Labute approximate surface area is 123 Å². The highest BCUT2D eigenvalue weighted by Crippen LogP contribution is 2.32. The van der Waals surface area contributed by atoms with Crippen molar-refractivity contribution < 1.29 is 14.3 Å². The lowest BCUT2D eigenvalue weighted by Gasteiger charge is -2.14. The van der Waals surface area contributed by atoms with Crippen LogP contribution in [-0.2, 0) is 4.74 Å². The predicted molar refractivity (Wildman–Crippen MR) is 80.7 cm³/mol. The number of hydrogen-bond donors (Lipinski definition) is 2. The SMILES string of the molecule is C=CCNC(=O)Nc1cccc(Cl)c1OCCOCC. The van der Waals surface area contributed by atoms with Crippen LogP contribution in [0, 0.1) is 0 Å². The minimum atomic E-state index is -0.346.